The van der Waals surface area contributed by atoms with Gasteiger partial charge in [0.25, 0.3) is 5.91 Å². The van der Waals surface area contributed by atoms with E-state index < -0.39 is 0 Å². The van der Waals surface area contributed by atoms with Gasteiger partial charge >= 0.3 is 0 Å². The highest BCUT2D eigenvalue weighted by Gasteiger charge is 2.09. The van der Waals surface area contributed by atoms with Crippen LogP contribution in [0.25, 0.3) is 0 Å². The molecule has 0 radical (unpaired) electrons. The Kier molecular flexibility index (Phi) is 8.74. The Labute approximate surface area is 169 Å². The van der Waals surface area contributed by atoms with Crippen molar-refractivity contribution < 1.29 is 14.3 Å². The quantitative estimate of drug-likeness (QED) is 0.350. The van der Waals surface area contributed by atoms with Gasteiger partial charge in [-0.1, -0.05) is 38.7 Å². The van der Waals surface area contributed by atoms with E-state index in [2.05, 4.69) is 34.8 Å². The van der Waals surface area contributed by atoms with Crippen LogP contribution in [0.3, 0.4) is 0 Å². The number of ether oxygens (including phenoxy) is 2. The number of hydrogen-bond acceptors (Lipinski definition) is 3. The van der Waals surface area contributed by atoms with Crippen molar-refractivity contribution in [2.45, 2.75) is 39.0 Å². The molecule has 0 aliphatic rings. The third kappa shape index (κ3) is 6.52. The molecule has 0 spiro atoms. The number of halogens is 1. The predicted octanol–water partition coefficient (Wildman–Crippen LogP) is 5.90. The fourth-order valence-corrected chi connectivity index (χ4v) is 3.31. The fourth-order valence-electron chi connectivity index (χ4n) is 2.57. The zero-order chi connectivity index (χ0) is 18.8. The average molecular weight is 467 g/mol. The van der Waals surface area contributed by atoms with Crippen LogP contribution < -0.4 is 14.8 Å². The highest BCUT2D eigenvalue weighted by atomic mass is 127. The molecule has 5 heteroatoms. The molecule has 2 aromatic carbocycles. The number of unbranched alkanes of at least 4 members (excludes halogenated alkanes) is 4. The lowest BCUT2D eigenvalue weighted by molar-refractivity contribution is 0.102. The molecule has 2 rings (SSSR count). The molecule has 0 saturated carbocycles. The summed E-state index contributed by atoms with van der Waals surface area (Å²) in [4.78, 5) is 12.4. The summed E-state index contributed by atoms with van der Waals surface area (Å²) in [5.74, 6) is 1.39. The van der Waals surface area contributed by atoms with Crippen LogP contribution in [-0.4, -0.2) is 19.6 Å². The molecular weight excluding hydrogens is 441 g/mol. The lowest BCUT2D eigenvalue weighted by Crippen LogP contribution is -2.12. The molecule has 0 aliphatic carbocycles. The summed E-state index contributed by atoms with van der Waals surface area (Å²) in [6.07, 6.45) is 6.04. The molecule has 4 nitrogen and oxygen atoms in total. The van der Waals surface area contributed by atoms with E-state index in [1.54, 1.807) is 19.2 Å². The Morgan fingerprint density at radius 2 is 1.88 bits per heavy atom. The molecule has 0 fully saturated rings. The first-order valence-electron chi connectivity index (χ1n) is 9.01. The second-order valence-electron chi connectivity index (χ2n) is 6.09. The summed E-state index contributed by atoms with van der Waals surface area (Å²) in [6, 6.07) is 12.9. The van der Waals surface area contributed by atoms with Crippen LogP contribution in [0.2, 0.25) is 0 Å². The number of benzene rings is 2. The van der Waals surface area contributed by atoms with E-state index in [1.807, 2.05) is 30.3 Å². The van der Waals surface area contributed by atoms with Gasteiger partial charge in [0.05, 0.1) is 17.3 Å². The Morgan fingerprint density at radius 1 is 1.08 bits per heavy atom. The molecule has 0 aliphatic heterocycles. The molecule has 140 valence electrons. The summed E-state index contributed by atoms with van der Waals surface area (Å²) in [5, 5.41) is 2.92. The number of hydrogen-bond donors (Lipinski definition) is 1. The lowest BCUT2D eigenvalue weighted by atomic mass is 10.2. The van der Waals surface area contributed by atoms with E-state index in [0.29, 0.717) is 12.2 Å². The Hall–Kier alpha value is -1.76. The van der Waals surface area contributed by atoms with E-state index in [0.717, 1.165) is 27.2 Å². The third-order valence-corrected chi connectivity index (χ3v) is 4.87. The highest BCUT2D eigenvalue weighted by molar-refractivity contribution is 14.1. The molecule has 2 aromatic rings. The van der Waals surface area contributed by atoms with Crippen molar-refractivity contribution in [2.75, 3.05) is 19.0 Å². The lowest BCUT2D eigenvalue weighted by Gasteiger charge is -2.10. The van der Waals surface area contributed by atoms with Crippen LogP contribution >= 0.6 is 22.6 Å². The van der Waals surface area contributed by atoms with Gasteiger partial charge in [0.2, 0.25) is 0 Å². The minimum absolute atomic E-state index is 0.151. The summed E-state index contributed by atoms with van der Waals surface area (Å²) < 4.78 is 11.9. The largest absolute Gasteiger partial charge is 0.496 e. The molecule has 1 amide bonds. The van der Waals surface area contributed by atoms with Crippen molar-refractivity contribution in [3.63, 3.8) is 0 Å². The number of methoxy groups -OCH3 is 1. The van der Waals surface area contributed by atoms with Gasteiger partial charge in [-0.25, -0.2) is 0 Å². The van der Waals surface area contributed by atoms with Crippen molar-refractivity contribution in [3.05, 3.63) is 51.6 Å². The maximum Gasteiger partial charge on any atom is 0.255 e. The monoisotopic (exact) mass is 467 g/mol. The van der Waals surface area contributed by atoms with Crippen molar-refractivity contribution in [1.29, 1.82) is 0 Å². The van der Waals surface area contributed by atoms with E-state index in [1.165, 1.54) is 25.7 Å². The van der Waals surface area contributed by atoms with Crippen LogP contribution in [0, 0.1) is 3.57 Å². The Balaban J connectivity index is 1.89. The van der Waals surface area contributed by atoms with Crippen LogP contribution in [0.15, 0.2) is 42.5 Å². The first-order valence-corrected chi connectivity index (χ1v) is 10.1. The second kappa shape index (κ2) is 11.1. The van der Waals surface area contributed by atoms with Crippen LogP contribution in [0.5, 0.6) is 11.5 Å². The Morgan fingerprint density at radius 3 is 2.62 bits per heavy atom. The maximum atomic E-state index is 12.4. The van der Waals surface area contributed by atoms with Gasteiger partial charge in [-0.2, -0.15) is 0 Å². The van der Waals surface area contributed by atoms with Gasteiger partial charge in [0.1, 0.15) is 11.5 Å². The zero-order valence-corrected chi connectivity index (χ0v) is 17.5. The summed E-state index contributed by atoms with van der Waals surface area (Å²) >= 11 is 2.16. The molecule has 0 bridgehead atoms. The number of nitrogens with one attached hydrogen (secondary N) is 1. The first kappa shape index (κ1) is 20.6. The SMILES string of the molecule is CCCCCCCOc1cccc(NC(=O)c2ccc(OC)c(I)c2)c1. The van der Waals surface area contributed by atoms with Gasteiger partial charge < -0.3 is 14.8 Å². The van der Waals surface area contributed by atoms with Crippen molar-refractivity contribution >= 4 is 34.2 Å². The van der Waals surface area contributed by atoms with E-state index >= 15 is 0 Å². The van der Waals surface area contributed by atoms with Crippen molar-refractivity contribution in [1.82, 2.24) is 0 Å². The topological polar surface area (TPSA) is 47.6 Å². The van der Waals surface area contributed by atoms with Gasteiger partial charge in [-0.05, 0) is 59.3 Å². The highest BCUT2D eigenvalue weighted by Crippen LogP contribution is 2.23. The number of carbonyl (C=O) groups is 1. The number of amides is 1. The number of anilines is 1. The molecule has 0 atom stereocenters. The van der Waals surface area contributed by atoms with Gasteiger partial charge in [0, 0.05) is 17.3 Å². The van der Waals surface area contributed by atoms with Crippen LogP contribution in [-0.2, 0) is 0 Å². The van der Waals surface area contributed by atoms with Gasteiger partial charge in [0.15, 0.2) is 0 Å². The summed E-state index contributed by atoms with van der Waals surface area (Å²) in [5.41, 5.74) is 1.32. The maximum absolute atomic E-state index is 12.4. The number of carbonyl (C=O) groups excluding carboxylic acids is 1. The molecule has 0 heterocycles. The summed E-state index contributed by atoms with van der Waals surface area (Å²) in [7, 11) is 1.62. The first-order chi connectivity index (χ1) is 12.6. The third-order valence-electron chi connectivity index (χ3n) is 4.02. The van der Waals surface area contributed by atoms with Crippen molar-refractivity contribution in [3.8, 4) is 11.5 Å². The normalized spacial score (nSPS) is 10.4. The fraction of sp³-hybridized carbons (Fsp3) is 0.381. The van der Waals surface area contributed by atoms with Crippen LogP contribution in [0.1, 0.15) is 49.4 Å². The molecule has 0 aromatic heterocycles. The zero-order valence-electron chi connectivity index (χ0n) is 15.4. The molecule has 1 N–H and O–H groups in total. The molecule has 0 saturated heterocycles. The average Bonchev–Trinajstić information content (AvgIpc) is 2.65. The van der Waals surface area contributed by atoms with E-state index in [-0.39, 0.29) is 5.91 Å². The van der Waals surface area contributed by atoms with E-state index in [4.69, 9.17) is 9.47 Å². The van der Waals surface area contributed by atoms with Crippen LogP contribution in [0.4, 0.5) is 5.69 Å². The van der Waals surface area contributed by atoms with Crippen molar-refractivity contribution in [2.24, 2.45) is 0 Å². The summed E-state index contributed by atoms with van der Waals surface area (Å²) in [6.45, 7) is 2.92. The minimum Gasteiger partial charge on any atom is -0.496 e. The molecular formula is C21H26INO3. The standard InChI is InChI=1S/C21H26INO3/c1-3-4-5-6-7-13-26-18-10-8-9-17(15-18)23-21(24)16-11-12-20(25-2)19(22)14-16/h8-12,14-15H,3-7,13H2,1-2H3,(H,23,24). The van der Waals surface area contributed by atoms with Gasteiger partial charge in [-0.3, -0.25) is 4.79 Å². The van der Waals surface area contributed by atoms with Gasteiger partial charge in [-0.15, -0.1) is 0 Å². The minimum atomic E-state index is -0.151. The molecule has 26 heavy (non-hydrogen) atoms. The number of rotatable bonds is 10. The van der Waals surface area contributed by atoms with E-state index in [9.17, 15) is 4.79 Å². The Bertz CT molecular complexity index is 718. The second-order valence-corrected chi connectivity index (χ2v) is 7.26. The smallest absolute Gasteiger partial charge is 0.255 e. The molecule has 0 unspecified atom stereocenters. The predicted molar refractivity (Wildman–Crippen MR) is 114 cm³/mol.